The first-order chi connectivity index (χ1) is 36.3. The highest BCUT2D eigenvalue weighted by molar-refractivity contribution is 7.26. The normalized spacial score (nSPS) is 12.8. The third-order valence-corrected chi connectivity index (χ3v) is 14.0. The van der Waals surface area contributed by atoms with E-state index >= 15 is 0 Å². The van der Waals surface area contributed by atoms with Crippen molar-refractivity contribution in [2.75, 3.05) is 0 Å². The fourth-order valence-electron chi connectivity index (χ4n) is 9.85. The Bertz CT molecular complexity index is 4530. The summed E-state index contributed by atoms with van der Waals surface area (Å²) in [7, 11) is 0. The van der Waals surface area contributed by atoms with Crippen LogP contribution in [0.3, 0.4) is 0 Å². The number of thiophene rings is 1. The summed E-state index contributed by atoms with van der Waals surface area (Å²) in [6, 6.07) is 63.6. The molecule has 0 atom stereocenters. The van der Waals surface area contributed by atoms with E-state index in [1.165, 1.54) is 11.3 Å². The van der Waals surface area contributed by atoms with Crippen molar-refractivity contribution in [3.8, 4) is 68.2 Å². The lowest BCUT2D eigenvalue weighted by Crippen LogP contribution is -2.04. The summed E-state index contributed by atoms with van der Waals surface area (Å²) in [4.78, 5) is 26.2. The molecule has 0 fully saturated rings. The first-order valence-corrected chi connectivity index (χ1v) is 23.4. The van der Waals surface area contributed by atoms with E-state index in [0.717, 1.165) is 76.2 Å². The lowest BCUT2D eigenvalue weighted by molar-refractivity contribution is 1.06. The van der Waals surface area contributed by atoms with Gasteiger partial charge in [0.15, 0.2) is 23.3 Å². The summed E-state index contributed by atoms with van der Waals surface area (Å²) in [5.74, 6) is 1.69. The summed E-state index contributed by atoms with van der Waals surface area (Å²) in [6.45, 7) is 0. The number of para-hydroxylation sites is 3. The fourth-order valence-corrected chi connectivity index (χ4v) is 11.0. The van der Waals surface area contributed by atoms with Crippen LogP contribution in [0.15, 0.2) is 224 Å². The van der Waals surface area contributed by atoms with Gasteiger partial charge in [-0.2, -0.15) is 0 Å². The summed E-state index contributed by atoms with van der Waals surface area (Å²) in [6.07, 6.45) is 0. The number of hydrogen-bond acceptors (Lipinski definition) is 6. The highest BCUT2D eigenvalue weighted by Gasteiger charge is 2.25. The van der Waals surface area contributed by atoms with E-state index in [4.69, 9.17) is 31.8 Å². The molecule has 69 heavy (non-hydrogen) atoms. The minimum Gasteiger partial charge on any atom is -0.309 e. The molecule has 9 aromatic carbocycles. The van der Waals surface area contributed by atoms with Gasteiger partial charge in [0.1, 0.15) is 0 Å². The van der Waals surface area contributed by atoms with E-state index in [1.54, 1.807) is 0 Å². The molecular formula is C61H37N7S. The van der Waals surface area contributed by atoms with Gasteiger partial charge in [0.25, 0.3) is 0 Å². The predicted molar refractivity (Wildman–Crippen MR) is 284 cm³/mol. The van der Waals surface area contributed by atoms with Gasteiger partial charge < -0.3 is 9.13 Å². The molecule has 0 spiro atoms. The second-order valence-corrected chi connectivity index (χ2v) is 17.9. The fraction of sp³-hybridized carbons (Fsp3) is 0. The molecule has 322 valence electrons. The Hall–Kier alpha value is -9.11. The largest absolute Gasteiger partial charge is 0.309 e. The SMILES string of the molecule is [2H]c1c([2H])c([2H])c(-c2nc(-c3ccc(-n4c5ccccc5c5ccc6c(c7ccccc7n6-c6ccccc6)c54)c(-c4nc(-c5ccccc5)nc(-c5ccccc5)n4)c3)nc3c2sc2ccccc23)c([2H])c1[2H]. The Morgan fingerprint density at radius 2 is 1.00 bits per heavy atom. The Balaban J connectivity index is 1.12. The van der Waals surface area contributed by atoms with Gasteiger partial charge in [-0.15, -0.1) is 11.3 Å². The van der Waals surface area contributed by atoms with Crippen molar-refractivity contribution >= 4 is 75.3 Å². The molecule has 0 aliphatic heterocycles. The molecule has 8 heteroatoms. The zero-order valence-electron chi connectivity index (χ0n) is 41.5. The average molecular weight is 905 g/mol. The molecule has 0 radical (unpaired) electrons. The second-order valence-electron chi connectivity index (χ2n) is 16.8. The highest BCUT2D eigenvalue weighted by atomic mass is 32.1. The van der Waals surface area contributed by atoms with Gasteiger partial charge in [0.2, 0.25) is 0 Å². The van der Waals surface area contributed by atoms with Crippen molar-refractivity contribution in [2.24, 2.45) is 0 Å². The monoisotopic (exact) mass is 904 g/mol. The summed E-state index contributed by atoms with van der Waals surface area (Å²) < 4.78 is 50.2. The van der Waals surface area contributed by atoms with E-state index in [1.807, 2.05) is 103 Å². The molecular weight excluding hydrogens is 863 g/mol. The van der Waals surface area contributed by atoms with Crippen LogP contribution in [-0.4, -0.2) is 34.1 Å². The zero-order chi connectivity index (χ0) is 49.8. The molecule has 0 bridgehead atoms. The van der Waals surface area contributed by atoms with Crippen LogP contribution in [0, 0.1) is 0 Å². The standard InChI is InChI=1S/C61H37N7S/c1-5-19-38(20-6-1)54-57-55(46-29-15-18-32-52(46)69-57)63-60(62-54)41-33-35-50(47(37-41)61-65-58(39-21-7-2-8-22-39)64-59(66-61)40-23-9-3-10-24-40)68-48-30-16-13-27-43(48)44-34-36-51-53(56(44)68)45-28-14-17-31-49(45)67(51)42-25-11-4-12-26-42/h1-37H/i1D,5D,6D,19D,20D. The van der Waals surface area contributed by atoms with Crippen LogP contribution in [0.4, 0.5) is 0 Å². The molecule has 0 aliphatic carbocycles. The number of hydrogen-bond donors (Lipinski definition) is 0. The third kappa shape index (κ3) is 6.30. The van der Waals surface area contributed by atoms with E-state index < -0.39 is 18.1 Å². The number of benzene rings is 9. The van der Waals surface area contributed by atoms with E-state index in [9.17, 15) is 0 Å². The summed E-state index contributed by atoms with van der Waals surface area (Å²) in [5, 5.41) is 5.19. The maximum absolute atomic E-state index is 9.13. The van der Waals surface area contributed by atoms with E-state index in [-0.39, 0.29) is 23.3 Å². The first-order valence-electron chi connectivity index (χ1n) is 25.1. The molecule has 5 aromatic heterocycles. The average Bonchev–Trinajstić information content (AvgIpc) is 4.20. The molecule has 0 N–H and O–H groups in total. The molecule has 0 amide bonds. The minimum atomic E-state index is -0.472. The minimum absolute atomic E-state index is 0.00878. The summed E-state index contributed by atoms with van der Waals surface area (Å²) >= 11 is 1.43. The molecule has 0 unspecified atom stereocenters. The Morgan fingerprint density at radius 1 is 0.406 bits per heavy atom. The van der Waals surface area contributed by atoms with Crippen molar-refractivity contribution in [1.29, 1.82) is 0 Å². The summed E-state index contributed by atoms with van der Waals surface area (Å²) in [5.41, 5.74) is 9.74. The molecule has 0 aliphatic rings. The zero-order valence-corrected chi connectivity index (χ0v) is 37.3. The molecule has 5 heterocycles. The quantitative estimate of drug-likeness (QED) is 0.159. The Kier molecular flexibility index (Phi) is 7.82. The molecule has 14 rings (SSSR count). The highest BCUT2D eigenvalue weighted by Crippen LogP contribution is 2.45. The van der Waals surface area contributed by atoms with Crippen LogP contribution in [0.1, 0.15) is 6.85 Å². The van der Waals surface area contributed by atoms with Gasteiger partial charge in [0, 0.05) is 65.1 Å². The first kappa shape index (κ1) is 34.2. The van der Waals surface area contributed by atoms with Crippen molar-refractivity contribution in [3.05, 3.63) is 224 Å². The van der Waals surface area contributed by atoms with Crippen LogP contribution in [0.5, 0.6) is 0 Å². The van der Waals surface area contributed by atoms with Crippen LogP contribution >= 0.6 is 11.3 Å². The topological polar surface area (TPSA) is 74.3 Å². The lowest BCUT2D eigenvalue weighted by atomic mass is 10.0. The Labute approximate surface area is 407 Å². The van der Waals surface area contributed by atoms with Gasteiger partial charge in [-0.25, -0.2) is 24.9 Å². The number of aromatic nitrogens is 7. The van der Waals surface area contributed by atoms with Crippen molar-refractivity contribution < 1.29 is 6.85 Å². The second kappa shape index (κ2) is 15.8. The number of nitrogens with zero attached hydrogens (tertiary/aromatic N) is 7. The lowest BCUT2D eigenvalue weighted by Gasteiger charge is -2.17. The van der Waals surface area contributed by atoms with Crippen molar-refractivity contribution in [2.45, 2.75) is 0 Å². The maximum Gasteiger partial charge on any atom is 0.166 e. The van der Waals surface area contributed by atoms with Gasteiger partial charge in [-0.05, 0) is 54.6 Å². The van der Waals surface area contributed by atoms with Gasteiger partial charge in [-0.1, -0.05) is 170 Å². The smallest absolute Gasteiger partial charge is 0.166 e. The molecule has 14 aromatic rings. The molecule has 0 saturated carbocycles. The predicted octanol–water partition coefficient (Wildman–Crippen LogP) is 15.6. The van der Waals surface area contributed by atoms with E-state index in [0.29, 0.717) is 44.6 Å². The third-order valence-electron chi connectivity index (χ3n) is 12.9. The molecule has 0 saturated heterocycles. The van der Waals surface area contributed by atoms with Crippen molar-refractivity contribution in [1.82, 2.24) is 34.1 Å². The van der Waals surface area contributed by atoms with Gasteiger partial charge in [-0.3, -0.25) is 0 Å². The van der Waals surface area contributed by atoms with Crippen molar-refractivity contribution in [3.63, 3.8) is 0 Å². The molecule has 7 nitrogen and oxygen atoms in total. The Morgan fingerprint density at radius 3 is 1.72 bits per heavy atom. The van der Waals surface area contributed by atoms with Crippen LogP contribution < -0.4 is 0 Å². The van der Waals surface area contributed by atoms with Gasteiger partial charge >= 0.3 is 0 Å². The van der Waals surface area contributed by atoms with Crippen LogP contribution in [0.2, 0.25) is 0 Å². The van der Waals surface area contributed by atoms with E-state index in [2.05, 4.69) is 100 Å². The number of rotatable bonds is 7. The van der Waals surface area contributed by atoms with Gasteiger partial charge in [0.05, 0.1) is 50.5 Å². The van der Waals surface area contributed by atoms with Crippen LogP contribution in [-0.2, 0) is 0 Å². The maximum atomic E-state index is 9.13. The number of fused-ring (bicyclic) bond motifs is 10. The van der Waals surface area contributed by atoms with Crippen LogP contribution in [0.25, 0.3) is 132 Å².